The lowest BCUT2D eigenvalue weighted by Crippen LogP contribution is -2.17. The van der Waals surface area contributed by atoms with Crippen molar-refractivity contribution in [2.24, 2.45) is 0 Å². The maximum absolute atomic E-state index is 3.26. The molecule has 68 valence electrons. The van der Waals surface area contributed by atoms with Crippen molar-refractivity contribution in [2.45, 2.75) is 13.3 Å². The minimum Gasteiger partial charge on any atom is -0.306 e. The predicted octanol–water partition coefficient (Wildman–Crippen LogP) is 1.84. The first-order valence-electron chi connectivity index (χ1n) is 4.57. The number of nitrogens with one attached hydrogen (secondary N) is 1. The monoisotopic (exact) mass is 173 g/mol. The van der Waals surface area contributed by atoms with E-state index in [1.54, 1.807) is 0 Å². The summed E-state index contributed by atoms with van der Waals surface area (Å²) < 4.78 is 0. The van der Waals surface area contributed by atoms with Gasteiger partial charge in [-0.05, 0) is 18.9 Å². The van der Waals surface area contributed by atoms with Gasteiger partial charge in [-0.15, -0.1) is 5.92 Å². The average Bonchev–Trinajstić information content (AvgIpc) is 2.19. The minimum atomic E-state index is 0.795. The fourth-order valence-electron chi connectivity index (χ4n) is 1.12. The van der Waals surface area contributed by atoms with Crippen LogP contribution < -0.4 is 5.32 Å². The highest BCUT2D eigenvalue weighted by molar-refractivity contribution is 5.14. The summed E-state index contributed by atoms with van der Waals surface area (Å²) in [5, 5.41) is 3.26. The second-order valence-corrected chi connectivity index (χ2v) is 2.84. The van der Waals surface area contributed by atoms with Crippen LogP contribution in [0.4, 0.5) is 0 Å². The first-order valence-corrected chi connectivity index (χ1v) is 4.57. The molecule has 13 heavy (non-hydrogen) atoms. The van der Waals surface area contributed by atoms with Crippen LogP contribution in [0.5, 0.6) is 0 Å². The van der Waals surface area contributed by atoms with Crippen LogP contribution in [0, 0.1) is 11.8 Å². The van der Waals surface area contributed by atoms with E-state index in [9.17, 15) is 0 Å². The van der Waals surface area contributed by atoms with E-state index in [1.165, 1.54) is 5.56 Å². The zero-order valence-corrected chi connectivity index (χ0v) is 8.01. The standard InChI is InChI=1S/C12H15N/c1-2-3-10-13-11-9-12-7-5-4-6-8-12/h4-8,13H,9-11H2,1H3. The van der Waals surface area contributed by atoms with Crippen LogP contribution in [-0.2, 0) is 6.42 Å². The van der Waals surface area contributed by atoms with E-state index in [2.05, 4.69) is 41.4 Å². The smallest absolute Gasteiger partial charge is 0.0576 e. The topological polar surface area (TPSA) is 12.0 Å². The third-order valence-corrected chi connectivity index (χ3v) is 1.82. The predicted molar refractivity (Wildman–Crippen MR) is 56.5 cm³/mol. The second kappa shape index (κ2) is 6.28. The maximum Gasteiger partial charge on any atom is 0.0576 e. The molecule has 1 aromatic rings. The molecule has 0 amide bonds. The zero-order chi connectivity index (χ0) is 9.36. The lowest BCUT2D eigenvalue weighted by Gasteiger charge is -2.00. The summed E-state index contributed by atoms with van der Waals surface area (Å²) in [4.78, 5) is 0. The number of rotatable bonds is 4. The van der Waals surface area contributed by atoms with E-state index in [1.807, 2.05) is 13.0 Å². The Labute approximate surface area is 80.2 Å². The minimum absolute atomic E-state index is 0.795. The molecular formula is C12H15N. The van der Waals surface area contributed by atoms with Gasteiger partial charge in [0.05, 0.1) is 6.54 Å². The molecule has 1 heteroatoms. The molecule has 1 rings (SSSR count). The van der Waals surface area contributed by atoms with Gasteiger partial charge in [0.25, 0.3) is 0 Å². The SMILES string of the molecule is CC#CCNCCc1ccccc1. The van der Waals surface area contributed by atoms with E-state index in [4.69, 9.17) is 0 Å². The van der Waals surface area contributed by atoms with Gasteiger partial charge in [-0.25, -0.2) is 0 Å². The Morgan fingerprint density at radius 1 is 1.23 bits per heavy atom. The fourth-order valence-corrected chi connectivity index (χ4v) is 1.12. The summed E-state index contributed by atoms with van der Waals surface area (Å²) in [5.74, 6) is 5.83. The molecule has 0 aliphatic rings. The van der Waals surface area contributed by atoms with Crippen LogP contribution in [0.3, 0.4) is 0 Å². The van der Waals surface area contributed by atoms with Gasteiger partial charge in [0.1, 0.15) is 0 Å². The van der Waals surface area contributed by atoms with Crippen LogP contribution in [0.2, 0.25) is 0 Å². The summed E-state index contributed by atoms with van der Waals surface area (Å²) in [6.07, 6.45) is 1.08. The Bertz CT molecular complexity index is 279. The Kier molecular flexibility index (Phi) is 4.74. The summed E-state index contributed by atoms with van der Waals surface area (Å²) in [5.41, 5.74) is 1.37. The fraction of sp³-hybridized carbons (Fsp3) is 0.333. The third kappa shape index (κ3) is 4.35. The summed E-state index contributed by atoms with van der Waals surface area (Å²) in [7, 11) is 0. The lowest BCUT2D eigenvalue weighted by atomic mass is 10.1. The molecule has 0 aliphatic heterocycles. The van der Waals surface area contributed by atoms with Gasteiger partial charge in [-0.2, -0.15) is 0 Å². The Balaban J connectivity index is 2.16. The highest BCUT2D eigenvalue weighted by atomic mass is 14.8. The van der Waals surface area contributed by atoms with Crippen molar-refractivity contribution < 1.29 is 0 Å². The molecule has 1 nitrogen and oxygen atoms in total. The normalized spacial score (nSPS) is 9.00. The highest BCUT2D eigenvalue weighted by Crippen LogP contribution is 1.97. The molecule has 0 aliphatic carbocycles. The summed E-state index contributed by atoms with van der Waals surface area (Å²) in [6.45, 7) is 3.65. The van der Waals surface area contributed by atoms with Crippen LogP contribution in [0.1, 0.15) is 12.5 Å². The number of benzene rings is 1. The molecule has 1 N–H and O–H groups in total. The van der Waals surface area contributed by atoms with Crippen molar-refractivity contribution in [3.63, 3.8) is 0 Å². The number of hydrogen-bond acceptors (Lipinski definition) is 1. The summed E-state index contributed by atoms with van der Waals surface area (Å²) in [6, 6.07) is 10.5. The maximum atomic E-state index is 3.26. The van der Waals surface area contributed by atoms with Crippen LogP contribution in [0.25, 0.3) is 0 Å². The molecular weight excluding hydrogens is 158 g/mol. The third-order valence-electron chi connectivity index (χ3n) is 1.82. The molecule has 0 saturated carbocycles. The second-order valence-electron chi connectivity index (χ2n) is 2.84. The van der Waals surface area contributed by atoms with E-state index >= 15 is 0 Å². The van der Waals surface area contributed by atoms with Crippen LogP contribution in [0.15, 0.2) is 30.3 Å². The Hall–Kier alpha value is -1.26. The first kappa shape index (κ1) is 9.83. The van der Waals surface area contributed by atoms with Gasteiger partial charge >= 0.3 is 0 Å². The Morgan fingerprint density at radius 2 is 2.00 bits per heavy atom. The number of hydrogen-bond donors (Lipinski definition) is 1. The Morgan fingerprint density at radius 3 is 2.69 bits per heavy atom. The van der Waals surface area contributed by atoms with E-state index in [-0.39, 0.29) is 0 Å². The molecule has 0 bridgehead atoms. The van der Waals surface area contributed by atoms with Crippen molar-refractivity contribution in [1.29, 1.82) is 0 Å². The van der Waals surface area contributed by atoms with Crippen LogP contribution in [-0.4, -0.2) is 13.1 Å². The quantitative estimate of drug-likeness (QED) is 0.541. The molecule has 0 radical (unpaired) electrons. The van der Waals surface area contributed by atoms with E-state index < -0.39 is 0 Å². The van der Waals surface area contributed by atoms with Crippen molar-refractivity contribution in [3.8, 4) is 11.8 Å². The average molecular weight is 173 g/mol. The van der Waals surface area contributed by atoms with E-state index in [0.29, 0.717) is 0 Å². The van der Waals surface area contributed by atoms with Gasteiger partial charge in [-0.1, -0.05) is 36.3 Å². The van der Waals surface area contributed by atoms with E-state index in [0.717, 1.165) is 19.5 Å². The molecule has 0 aromatic heterocycles. The highest BCUT2D eigenvalue weighted by Gasteiger charge is 1.88. The zero-order valence-electron chi connectivity index (χ0n) is 8.01. The molecule has 0 heterocycles. The largest absolute Gasteiger partial charge is 0.306 e. The van der Waals surface area contributed by atoms with Gasteiger partial charge < -0.3 is 5.32 Å². The van der Waals surface area contributed by atoms with Crippen molar-refractivity contribution in [2.75, 3.05) is 13.1 Å². The lowest BCUT2D eigenvalue weighted by molar-refractivity contribution is 0.753. The molecule has 0 spiro atoms. The summed E-state index contributed by atoms with van der Waals surface area (Å²) >= 11 is 0. The molecule has 0 saturated heterocycles. The van der Waals surface area contributed by atoms with Gasteiger partial charge in [-0.3, -0.25) is 0 Å². The van der Waals surface area contributed by atoms with Crippen molar-refractivity contribution in [3.05, 3.63) is 35.9 Å². The molecule has 1 aromatic carbocycles. The van der Waals surface area contributed by atoms with Gasteiger partial charge in [0.15, 0.2) is 0 Å². The molecule has 0 atom stereocenters. The van der Waals surface area contributed by atoms with Crippen LogP contribution >= 0.6 is 0 Å². The van der Waals surface area contributed by atoms with Gasteiger partial charge in [0.2, 0.25) is 0 Å². The molecule has 0 fully saturated rings. The van der Waals surface area contributed by atoms with Gasteiger partial charge in [0, 0.05) is 6.54 Å². The first-order chi connectivity index (χ1) is 6.43. The van der Waals surface area contributed by atoms with Crippen molar-refractivity contribution in [1.82, 2.24) is 5.32 Å². The molecule has 0 unspecified atom stereocenters. The van der Waals surface area contributed by atoms with Crippen molar-refractivity contribution >= 4 is 0 Å².